The molecule has 0 radical (unpaired) electrons. The zero-order valence-corrected chi connectivity index (χ0v) is 14.0. The molecule has 2 aromatic rings. The van der Waals surface area contributed by atoms with Crippen LogP contribution in [0.15, 0.2) is 30.3 Å². The van der Waals surface area contributed by atoms with E-state index in [0.29, 0.717) is 29.4 Å². The molecule has 0 aliphatic rings. The minimum Gasteiger partial charge on any atom is -0.493 e. The van der Waals surface area contributed by atoms with Crippen LogP contribution in [-0.4, -0.2) is 20.0 Å². The molecule has 0 aromatic heterocycles. The minimum absolute atomic E-state index is 0.478. The zero-order valence-electron chi connectivity index (χ0n) is 14.0. The molecule has 0 saturated heterocycles. The Balaban J connectivity index is 2.49. The summed E-state index contributed by atoms with van der Waals surface area (Å²) in [5.74, 6) is 2.22. The van der Waals surface area contributed by atoms with Crippen molar-refractivity contribution in [3.63, 3.8) is 0 Å². The summed E-state index contributed by atoms with van der Waals surface area (Å²) in [4.78, 5) is 11.2. The Morgan fingerprint density at radius 1 is 1.09 bits per heavy atom. The lowest BCUT2D eigenvalue weighted by Crippen LogP contribution is -2.02. The van der Waals surface area contributed by atoms with Crippen LogP contribution in [0, 0.1) is 13.8 Å². The van der Waals surface area contributed by atoms with Crippen molar-refractivity contribution in [2.75, 3.05) is 13.7 Å². The minimum atomic E-state index is 0.478. The van der Waals surface area contributed by atoms with Gasteiger partial charge in [0.2, 0.25) is 5.75 Å². The molecular weight excluding hydrogens is 292 g/mol. The summed E-state index contributed by atoms with van der Waals surface area (Å²) in [5.41, 5.74) is 2.66. The Morgan fingerprint density at radius 2 is 1.83 bits per heavy atom. The number of rotatable bonds is 7. The van der Waals surface area contributed by atoms with Gasteiger partial charge < -0.3 is 14.2 Å². The molecule has 0 spiro atoms. The monoisotopic (exact) mass is 314 g/mol. The van der Waals surface area contributed by atoms with Crippen molar-refractivity contribution in [3.05, 3.63) is 47.0 Å². The van der Waals surface area contributed by atoms with E-state index in [0.717, 1.165) is 29.6 Å². The number of ether oxygens (including phenoxy) is 3. The molecule has 0 amide bonds. The number of aldehydes is 1. The van der Waals surface area contributed by atoms with E-state index in [-0.39, 0.29) is 0 Å². The summed E-state index contributed by atoms with van der Waals surface area (Å²) in [5, 5.41) is 0. The van der Waals surface area contributed by atoms with E-state index in [4.69, 9.17) is 14.2 Å². The summed E-state index contributed by atoms with van der Waals surface area (Å²) < 4.78 is 17.2. The zero-order chi connectivity index (χ0) is 16.8. The highest BCUT2D eigenvalue weighted by Gasteiger charge is 2.16. The average molecular weight is 314 g/mol. The van der Waals surface area contributed by atoms with Crippen LogP contribution in [0.3, 0.4) is 0 Å². The predicted octanol–water partition coefficient (Wildman–Crippen LogP) is 4.71. The molecule has 0 unspecified atom stereocenters. The van der Waals surface area contributed by atoms with Crippen LogP contribution >= 0.6 is 0 Å². The average Bonchev–Trinajstić information content (AvgIpc) is 2.57. The lowest BCUT2D eigenvalue weighted by Gasteiger charge is -2.17. The number of carbonyl (C=O) groups excluding carboxylic acids is 1. The topological polar surface area (TPSA) is 44.8 Å². The quantitative estimate of drug-likeness (QED) is 0.695. The number of carbonyl (C=O) groups is 1. The lowest BCUT2D eigenvalue weighted by molar-refractivity contribution is 0.112. The smallest absolute Gasteiger partial charge is 0.204 e. The maximum absolute atomic E-state index is 11.2. The van der Waals surface area contributed by atoms with E-state index in [1.165, 1.54) is 0 Å². The second-order valence-electron chi connectivity index (χ2n) is 5.32. The molecule has 4 nitrogen and oxygen atoms in total. The highest BCUT2D eigenvalue weighted by atomic mass is 16.5. The second-order valence-corrected chi connectivity index (χ2v) is 5.32. The van der Waals surface area contributed by atoms with E-state index < -0.39 is 0 Å². The van der Waals surface area contributed by atoms with Gasteiger partial charge in [-0.15, -0.1) is 0 Å². The largest absolute Gasteiger partial charge is 0.493 e. The van der Waals surface area contributed by atoms with Crippen molar-refractivity contribution in [1.29, 1.82) is 0 Å². The van der Waals surface area contributed by atoms with Crippen molar-refractivity contribution < 1.29 is 19.0 Å². The van der Waals surface area contributed by atoms with Gasteiger partial charge in [0.25, 0.3) is 0 Å². The molecule has 122 valence electrons. The molecule has 0 aliphatic heterocycles. The molecule has 0 aliphatic carbocycles. The van der Waals surface area contributed by atoms with Gasteiger partial charge in [0, 0.05) is 5.56 Å². The van der Waals surface area contributed by atoms with E-state index in [2.05, 4.69) is 0 Å². The molecule has 2 rings (SSSR count). The molecule has 0 heterocycles. The summed E-state index contributed by atoms with van der Waals surface area (Å²) >= 11 is 0. The van der Waals surface area contributed by atoms with Crippen LogP contribution in [-0.2, 0) is 0 Å². The maximum Gasteiger partial charge on any atom is 0.204 e. The Bertz CT molecular complexity index is 692. The van der Waals surface area contributed by atoms with Crippen molar-refractivity contribution in [2.45, 2.75) is 27.2 Å². The van der Waals surface area contributed by atoms with Gasteiger partial charge in [-0.2, -0.15) is 0 Å². The van der Waals surface area contributed by atoms with Crippen LogP contribution < -0.4 is 14.2 Å². The fraction of sp³-hybridized carbons (Fsp3) is 0.316. The molecule has 0 saturated carbocycles. The third kappa shape index (κ3) is 3.83. The third-order valence-corrected chi connectivity index (χ3v) is 3.62. The molecule has 4 heteroatoms. The number of benzene rings is 2. The Hall–Kier alpha value is -2.49. The summed E-state index contributed by atoms with van der Waals surface area (Å²) in [7, 11) is 1.55. The number of aryl methyl sites for hydroxylation is 1. The number of methoxy groups -OCH3 is 1. The maximum atomic E-state index is 11.2. The highest BCUT2D eigenvalue weighted by Crippen LogP contribution is 2.41. The van der Waals surface area contributed by atoms with Crippen molar-refractivity contribution >= 4 is 6.29 Å². The first kappa shape index (κ1) is 16.9. The molecule has 0 N–H and O–H groups in total. The van der Waals surface area contributed by atoms with Gasteiger partial charge in [0.05, 0.1) is 13.7 Å². The van der Waals surface area contributed by atoms with Crippen LogP contribution in [0.5, 0.6) is 23.0 Å². The first-order valence-corrected chi connectivity index (χ1v) is 7.64. The van der Waals surface area contributed by atoms with E-state index in [9.17, 15) is 4.79 Å². The molecule has 2 aromatic carbocycles. The van der Waals surface area contributed by atoms with Gasteiger partial charge in [-0.05, 0) is 49.6 Å². The van der Waals surface area contributed by atoms with Crippen LogP contribution in [0.25, 0.3) is 0 Å². The molecule has 0 fully saturated rings. The normalized spacial score (nSPS) is 10.3. The third-order valence-electron chi connectivity index (χ3n) is 3.62. The lowest BCUT2D eigenvalue weighted by atomic mass is 10.1. The Labute approximate surface area is 137 Å². The van der Waals surface area contributed by atoms with Crippen molar-refractivity contribution in [1.82, 2.24) is 0 Å². The fourth-order valence-corrected chi connectivity index (χ4v) is 2.19. The van der Waals surface area contributed by atoms with Gasteiger partial charge in [-0.1, -0.05) is 19.1 Å². The van der Waals surface area contributed by atoms with E-state index in [1.807, 2.05) is 39.0 Å². The number of hydrogen-bond acceptors (Lipinski definition) is 4. The van der Waals surface area contributed by atoms with Crippen molar-refractivity contribution in [2.24, 2.45) is 0 Å². The van der Waals surface area contributed by atoms with Crippen LogP contribution in [0.2, 0.25) is 0 Å². The molecule has 0 atom stereocenters. The van der Waals surface area contributed by atoms with E-state index in [1.54, 1.807) is 19.2 Å². The Kier molecular flexibility index (Phi) is 5.63. The van der Waals surface area contributed by atoms with Gasteiger partial charge in [0.15, 0.2) is 11.5 Å². The van der Waals surface area contributed by atoms with E-state index >= 15 is 0 Å². The summed E-state index contributed by atoms with van der Waals surface area (Å²) in [6.45, 7) is 6.59. The SMILES string of the molecule is CCCOc1c(OC)cc(C=O)cc1Oc1cccc(C)c1C. The van der Waals surface area contributed by atoms with Crippen LogP contribution in [0.4, 0.5) is 0 Å². The standard InChI is InChI=1S/C19H22O4/c1-5-9-22-19-17(21-4)10-15(12-20)11-18(19)23-16-8-6-7-13(2)14(16)3/h6-8,10-12H,5,9H2,1-4H3. The van der Waals surface area contributed by atoms with Crippen molar-refractivity contribution in [3.8, 4) is 23.0 Å². The molecule has 23 heavy (non-hydrogen) atoms. The predicted molar refractivity (Wildman–Crippen MR) is 90.2 cm³/mol. The highest BCUT2D eigenvalue weighted by molar-refractivity contribution is 5.78. The molecule has 0 bridgehead atoms. The van der Waals surface area contributed by atoms with Crippen LogP contribution in [0.1, 0.15) is 34.8 Å². The summed E-state index contributed by atoms with van der Waals surface area (Å²) in [6, 6.07) is 9.17. The second kappa shape index (κ2) is 7.68. The first-order valence-electron chi connectivity index (χ1n) is 7.64. The first-order chi connectivity index (χ1) is 11.1. The molecular formula is C19H22O4. The van der Waals surface area contributed by atoms with Gasteiger partial charge >= 0.3 is 0 Å². The van der Waals surface area contributed by atoms with Gasteiger partial charge in [-0.25, -0.2) is 0 Å². The summed E-state index contributed by atoms with van der Waals surface area (Å²) in [6.07, 6.45) is 1.63. The number of hydrogen-bond donors (Lipinski definition) is 0. The van der Waals surface area contributed by atoms with Gasteiger partial charge in [-0.3, -0.25) is 4.79 Å². The van der Waals surface area contributed by atoms with Gasteiger partial charge in [0.1, 0.15) is 12.0 Å². The fourth-order valence-electron chi connectivity index (χ4n) is 2.19. The Morgan fingerprint density at radius 3 is 2.48 bits per heavy atom.